The Hall–Kier alpha value is -0.760. The topological polar surface area (TPSA) is 296 Å². The molecular weight excluding hydrogens is 844 g/mol. The minimum absolute atomic E-state index is 0.0690. The van der Waals surface area contributed by atoms with Crippen LogP contribution in [0.15, 0.2) is 0 Å². The molecule has 9 fully saturated rings. The van der Waals surface area contributed by atoms with Crippen molar-refractivity contribution in [2.75, 3.05) is 26.4 Å². The van der Waals surface area contributed by atoms with Crippen LogP contribution in [0.4, 0.5) is 0 Å². The van der Waals surface area contributed by atoms with E-state index >= 15 is 0 Å². The Labute approximate surface area is 373 Å². The zero-order valence-electron chi connectivity index (χ0n) is 37.3. The minimum Gasteiger partial charge on any atom is -0.394 e. The largest absolute Gasteiger partial charge is 0.394 e. The molecule has 19 nitrogen and oxygen atoms in total. The molecule has 0 aromatic rings. The molecule has 368 valence electrons. The molecule has 0 bridgehead atoms. The summed E-state index contributed by atoms with van der Waals surface area (Å²) in [5.74, 6) is 1.58. The molecule has 11 N–H and O–H groups in total. The highest BCUT2D eigenvalue weighted by atomic mass is 16.8. The van der Waals surface area contributed by atoms with Gasteiger partial charge in [-0.05, 0) is 97.7 Å². The first kappa shape index (κ1) is 48.3. The first-order chi connectivity index (χ1) is 30.4. The van der Waals surface area contributed by atoms with Crippen LogP contribution in [-0.2, 0) is 37.9 Å². The summed E-state index contributed by atoms with van der Waals surface area (Å²) < 4.78 is 49.5. The van der Waals surface area contributed by atoms with E-state index in [0.717, 1.165) is 44.9 Å². The van der Waals surface area contributed by atoms with E-state index in [1.165, 1.54) is 0 Å². The van der Waals surface area contributed by atoms with Gasteiger partial charge in [0.1, 0.15) is 73.2 Å². The first-order valence-electron chi connectivity index (χ1n) is 23.9. The van der Waals surface area contributed by atoms with Gasteiger partial charge in [-0.3, -0.25) is 0 Å². The number of rotatable bonds is 9. The van der Waals surface area contributed by atoms with Crippen LogP contribution in [0.2, 0.25) is 0 Å². The van der Waals surface area contributed by atoms with E-state index in [1.807, 2.05) is 0 Å². The smallest absolute Gasteiger partial charge is 0.187 e. The molecular formula is C45H74O19. The van der Waals surface area contributed by atoms with Crippen LogP contribution in [-0.4, -0.2) is 199 Å². The SMILES string of the molecule is CC1CCC2(OC1)OC1CC3C4CCC5CC(OC6OC(CO)C(OC7OC(CO)C(O)C(O)C7O)C(OC7OC(CO)C(O)C(O)C7O)C6O)CCC5(C)C4C(O)CC3(C)C1C2C. The molecule has 64 heavy (non-hydrogen) atoms. The molecule has 9 rings (SSSR count). The minimum atomic E-state index is -1.89. The van der Waals surface area contributed by atoms with E-state index in [-0.39, 0.29) is 34.7 Å². The summed E-state index contributed by atoms with van der Waals surface area (Å²) in [6.07, 6.45) is -18.2. The average Bonchev–Trinajstić information content (AvgIpc) is 3.72. The second kappa shape index (κ2) is 18.2. The fourth-order valence-electron chi connectivity index (χ4n) is 14.8. The van der Waals surface area contributed by atoms with Crippen molar-refractivity contribution in [1.29, 1.82) is 0 Å². The predicted molar refractivity (Wildman–Crippen MR) is 217 cm³/mol. The second-order valence-corrected chi connectivity index (χ2v) is 21.7. The van der Waals surface area contributed by atoms with Crippen LogP contribution in [0.1, 0.15) is 85.5 Å². The fraction of sp³-hybridized carbons (Fsp3) is 1.00. The normalized spacial score (nSPS) is 58.6. The Bertz CT molecular complexity index is 1600. The maximum atomic E-state index is 12.3. The van der Waals surface area contributed by atoms with Crippen molar-refractivity contribution in [3.8, 4) is 0 Å². The number of ether oxygens (including phenoxy) is 8. The third-order valence-electron chi connectivity index (χ3n) is 18.2. The Kier molecular flexibility index (Phi) is 13.7. The van der Waals surface area contributed by atoms with Crippen molar-refractivity contribution in [3.05, 3.63) is 0 Å². The maximum Gasteiger partial charge on any atom is 0.187 e. The Morgan fingerprint density at radius 3 is 1.77 bits per heavy atom. The third-order valence-corrected chi connectivity index (χ3v) is 18.2. The fourth-order valence-corrected chi connectivity index (χ4v) is 14.8. The van der Waals surface area contributed by atoms with Crippen molar-refractivity contribution in [2.24, 2.45) is 52.3 Å². The van der Waals surface area contributed by atoms with Crippen LogP contribution < -0.4 is 0 Å². The predicted octanol–water partition coefficient (Wildman–Crippen LogP) is -1.76. The van der Waals surface area contributed by atoms with Crippen molar-refractivity contribution in [2.45, 2.75) is 202 Å². The Morgan fingerprint density at radius 2 is 1.17 bits per heavy atom. The summed E-state index contributed by atoms with van der Waals surface area (Å²) in [5.41, 5.74) is -0.253. The monoisotopic (exact) mass is 918 g/mol. The summed E-state index contributed by atoms with van der Waals surface area (Å²) in [6, 6.07) is 0. The molecule has 1 spiro atoms. The van der Waals surface area contributed by atoms with E-state index in [2.05, 4.69) is 27.7 Å². The van der Waals surface area contributed by atoms with Crippen molar-refractivity contribution < 1.29 is 94.1 Å². The third kappa shape index (κ3) is 7.85. The summed E-state index contributed by atoms with van der Waals surface area (Å²) in [7, 11) is 0. The standard InChI is InChI=1S/C45H74O19/c1-18-7-10-45(57-17-18)19(2)29-25(64-45)12-23-22-6-5-20-11-21(8-9-43(20,3)30(22)24(49)13-44(23,29)4)58-42-37(56)39(63-41-36(55)34(53)32(51)27(15-47)60-41)38(28(16-48)61-42)62-40-35(54)33(52)31(50)26(14-46)59-40/h18-42,46-56H,5-17H2,1-4H3. The Balaban J connectivity index is 0.906. The van der Waals surface area contributed by atoms with Crippen LogP contribution in [0.3, 0.4) is 0 Å². The van der Waals surface area contributed by atoms with Gasteiger partial charge in [0, 0.05) is 12.3 Å². The van der Waals surface area contributed by atoms with Crippen molar-refractivity contribution >= 4 is 0 Å². The lowest BCUT2D eigenvalue weighted by Crippen LogP contribution is -2.67. The summed E-state index contributed by atoms with van der Waals surface area (Å²) in [6.45, 7) is 7.68. The zero-order valence-corrected chi connectivity index (χ0v) is 37.3. The highest BCUT2D eigenvalue weighted by Gasteiger charge is 2.71. The number of hydrogen-bond acceptors (Lipinski definition) is 19. The van der Waals surface area contributed by atoms with Gasteiger partial charge < -0.3 is 94.1 Å². The first-order valence-corrected chi connectivity index (χ1v) is 23.9. The number of aliphatic hydroxyl groups is 11. The van der Waals surface area contributed by atoms with Crippen LogP contribution in [0.25, 0.3) is 0 Å². The van der Waals surface area contributed by atoms with Gasteiger partial charge in [0.05, 0.1) is 44.7 Å². The molecule has 0 radical (unpaired) electrons. The van der Waals surface area contributed by atoms with Gasteiger partial charge in [-0.15, -0.1) is 0 Å². The summed E-state index contributed by atoms with van der Waals surface area (Å²) in [4.78, 5) is 0. The number of hydrogen-bond donors (Lipinski definition) is 11. The molecule has 19 heteroatoms. The number of aliphatic hydroxyl groups excluding tert-OH is 11. The Morgan fingerprint density at radius 1 is 0.578 bits per heavy atom. The molecule has 28 unspecified atom stereocenters. The van der Waals surface area contributed by atoms with Gasteiger partial charge in [-0.1, -0.05) is 27.7 Å². The second-order valence-electron chi connectivity index (χ2n) is 21.7. The maximum absolute atomic E-state index is 12.3. The highest BCUT2D eigenvalue weighted by molar-refractivity contribution is 5.17. The van der Waals surface area contributed by atoms with Crippen molar-refractivity contribution in [3.63, 3.8) is 0 Å². The van der Waals surface area contributed by atoms with Crippen LogP contribution in [0, 0.1) is 52.3 Å². The quantitative estimate of drug-likeness (QED) is 0.114. The molecule has 4 aliphatic carbocycles. The van der Waals surface area contributed by atoms with Crippen LogP contribution >= 0.6 is 0 Å². The lowest BCUT2D eigenvalue weighted by atomic mass is 9.43. The van der Waals surface area contributed by atoms with Gasteiger partial charge in [-0.25, -0.2) is 0 Å². The molecule has 5 heterocycles. The molecule has 0 aromatic heterocycles. The van der Waals surface area contributed by atoms with Gasteiger partial charge in [0.15, 0.2) is 24.7 Å². The van der Waals surface area contributed by atoms with Crippen LogP contribution in [0.5, 0.6) is 0 Å². The zero-order chi connectivity index (χ0) is 45.8. The van der Waals surface area contributed by atoms with E-state index < -0.39 is 130 Å². The lowest BCUT2D eigenvalue weighted by molar-refractivity contribution is -0.390. The molecule has 0 amide bonds. The average molecular weight is 919 g/mol. The van der Waals surface area contributed by atoms with Gasteiger partial charge >= 0.3 is 0 Å². The van der Waals surface area contributed by atoms with E-state index in [9.17, 15) is 56.2 Å². The molecule has 5 saturated heterocycles. The van der Waals surface area contributed by atoms with E-state index in [0.29, 0.717) is 43.1 Å². The van der Waals surface area contributed by atoms with E-state index in [1.54, 1.807) is 0 Å². The van der Waals surface area contributed by atoms with Gasteiger partial charge in [-0.2, -0.15) is 0 Å². The summed E-state index contributed by atoms with van der Waals surface area (Å²) in [5, 5.41) is 118. The lowest BCUT2D eigenvalue weighted by Gasteiger charge is -2.63. The number of fused-ring (bicyclic) bond motifs is 7. The molecule has 0 aromatic carbocycles. The molecule has 4 saturated carbocycles. The summed E-state index contributed by atoms with van der Waals surface area (Å²) >= 11 is 0. The molecule has 28 atom stereocenters. The van der Waals surface area contributed by atoms with Gasteiger partial charge in [0.2, 0.25) is 0 Å². The highest BCUT2D eigenvalue weighted by Crippen LogP contribution is 2.71. The molecule has 9 aliphatic rings. The van der Waals surface area contributed by atoms with E-state index in [4.69, 9.17) is 37.9 Å². The molecule has 5 aliphatic heterocycles. The van der Waals surface area contributed by atoms with Gasteiger partial charge in [0.25, 0.3) is 0 Å². The van der Waals surface area contributed by atoms with Crippen molar-refractivity contribution in [1.82, 2.24) is 0 Å².